The number of hydrogen-bond acceptors (Lipinski definition) is 2. The maximum Gasteiger partial charge on any atom is 0.404 e. The van der Waals surface area contributed by atoms with Crippen LogP contribution < -0.4 is 0 Å². The molecule has 0 aromatic carbocycles. The molecule has 0 saturated heterocycles. The van der Waals surface area contributed by atoms with Gasteiger partial charge in [-0.25, -0.2) is 0 Å². The van der Waals surface area contributed by atoms with Crippen molar-refractivity contribution in [2.75, 3.05) is 13.1 Å². The lowest BCUT2D eigenvalue weighted by atomic mass is 10.1. The standard InChI is InChI=1S/C10H16F3NO2/c1-2-14(6-7-3-4-7)8(5-9(15)16)10(11,12)13/h7-8H,2-6H2,1H3,(H,15,16). The van der Waals surface area contributed by atoms with Crippen molar-refractivity contribution in [2.45, 2.75) is 38.4 Å². The molecule has 1 aliphatic carbocycles. The van der Waals surface area contributed by atoms with Gasteiger partial charge in [-0.3, -0.25) is 9.69 Å². The van der Waals surface area contributed by atoms with Crippen LogP contribution in [-0.2, 0) is 4.79 Å². The molecule has 6 heteroatoms. The van der Waals surface area contributed by atoms with E-state index < -0.39 is 24.6 Å². The third-order valence-corrected chi connectivity index (χ3v) is 2.78. The Hall–Kier alpha value is -0.780. The molecule has 0 spiro atoms. The second-order valence-corrected chi connectivity index (χ2v) is 4.19. The molecule has 0 amide bonds. The number of nitrogens with zero attached hydrogens (tertiary/aromatic N) is 1. The molecule has 94 valence electrons. The molecule has 1 unspecified atom stereocenters. The van der Waals surface area contributed by atoms with Crippen molar-refractivity contribution in [3.8, 4) is 0 Å². The van der Waals surface area contributed by atoms with Crippen molar-refractivity contribution in [3.63, 3.8) is 0 Å². The van der Waals surface area contributed by atoms with E-state index >= 15 is 0 Å². The highest BCUT2D eigenvalue weighted by Crippen LogP contribution is 2.34. The van der Waals surface area contributed by atoms with Gasteiger partial charge in [-0.05, 0) is 25.3 Å². The number of carbonyl (C=O) groups is 1. The highest BCUT2D eigenvalue weighted by atomic mass is 19.4. The zero-order chi connectivity index (χ0) is 12.3. The van der Waals surface area contributed by atoms with Gasteiger partial charge >= 0.3 is 12.1 Å². The van der Waals surface area contributed by atoms with Crippen LogP contribution in [0.4, 0.5) is 13.2 Å². The molecule has 1 N–H and O–H groups in total. The van der Waals surface area contributed by atoms with Gasteiger partial charge in [0.1, 0.15) is 6.04 Å². The Balaban J connectivity index is 2.66. The van der Waals surface area contributed by atoms with Crippen LogP contribution in [0, 0.1) is 5.92 Å². The first-order chi connectivity index (χ1) is 7.34. The van der Waals surface area contributed by atoms with Crippen molar-refractivity contribution < 1.29 is 23.1 Å². The predicted molar refractivity (Wildman–Crippen MR) is 52.1 cm³/mol. The number of hydrogen-bond donors (Lipinski definition) is 1. The summed E-state index contributed by atoms with van der Waals surface area (Å²) in [4.78, 5) is 11.7. The van der Waals surface area contributed by atoms with Crippen LogP contribution in [0.1, 0.15) is 26.2 Å². The summed E-state index contributed by atoms with van der Waals surface area (Å²) >= 11 is 0. The summed E-state index contributed by atoms with van der Waals surface area (Å²) in [5, 5.41) is 8.51. The second kappa shape index (κ2) is 5.03. The highest BCUT2D eigenvalue weighted by Gasteiger charge is 2.45. The molecule has 16 heavy (non-hydrogen) atoms. The molecule has 1 saturated carbocycles. The fourth-order valence-corrected chi connectivity index (χ4v) is 1.73. The molecule has 1 atom stereocenters. The van der Waals surface area contributed by atoms with Gasteiger partial charge in [-0.15, -0.1) is 0 Å². The molecule has 1 fully saturated rings. The van der Waals surface area contributed by atoms with Gasteiger partial charge in [0.15, 0.2) is 0 Å². The molecule has 0 bridgehead atoms. The van der Waals surface area contributed by atoms with Gasteiger partial charge in [0.05, 0.1) is 6.42 Å². The van der Waals surface area contributed by atoms with E-state index in [-0.39, 0.29) is 6.54 Å². The van der Waals surface area contributed by atoms with Crippen molar-refractivity contribution >= 4 is 5.97 Å². The number of carboxylic acid groups (broad SMARTS) is 1. The number of rotatable bonds is 6. The third kappa shape index (κ3) is 4.00. The number of alkyl halides is 3. The fourth-order valence-electron chi connectivity index (χ4n) is 1.73. The van der Waals surface area contributed by atoms with Gasteiger partial charge in [-0.2, -0.15) is 13.2 Å². The number of halogens is 3. The lowest BCUT2D eigenvalue weighted by Gasteiger charge is -2.31. The van der Waals surface area contributed by atoms with E-state index in [1.54, 1.807) is 6.92 Å². The maximum atomic E-state index is 12.7. The number of carboxylic acids is 1. The summed E-state index contributed by atoms with van der Waals surface area (Å²) in [5.41, 5.74) is 0. The van der Waals surface area contributed by atoms with E-state index in [0.29, 0.717) is 12.5 Å². The Morgan fingerprint density at radius 1 is 1.50 bits per heavy atom. The molecule has 3 nitrogen and oxygen atoms in total. The van der Waals surface area contributed by atoms with Crippen molar-refractivity contribution in [3.05, 3.63) is 0 Å². The van der Waals surface area contributed by atoms with Crippen LogP contribution in [0.15, 0.2) is 0 Å². The molecule has 1 aliphatic rings. The van der Waals surface area contributed by atoms with Gasteiger partial charge < -0.3 is 5.11 Å². The minimum absolute atomic E-state index is 0.230. The van der Waals surface area contributed by atoms with Crippen LogP contribution in [0.25, 0.3) is 0 Å². The first-order valence-corrected chi connectivity index (χ1v) is 5.37. The summed E-state index contributed by atoms with van der Waals surface area (Å²) in [6, 6.07) is -1.85. The van der Waals surface area contributed by atoms with Crippen molar-refractivity contribution in [1.29, 1.82) is 0 Å². The average Bonchev–Trinajstić information content (AvgIpc) is 2.92. The minimum Gasteiger partial charge on any atom is -0.481 e. The van der Waals surface area contributed by atoms with E-state index in [2.05, 4.69) is 0 Å². The van der Waals surface area contributed by atoms with Crippen molar-refractivity contribution in [2.24, 2.45) is 5.92 Å². The van der Waals surface area contributed by atoms with Gasteiger partial charge in [0.25, 0.3) is 0 Å². The van der Waals surface area contributed by atoms with Crippen LogP contribution in [-0.4, -0.2) is 41.3 Å². The molecule has 1 rings (SSSR count). The lowest BCUT2D eigenvalue weighted by molar-refractivity contribution is -0.190. The Morgan fingerprint density at radius 2 is 2.06 bits per heavy atom. The fraction of sp³-hybridized carbons (Fsp3) is 0.900. The third-order valence-electron chi connectivity index (χ3n) is 2.78. The molecule has 0 radical (unpaired) electrons. The van der Waals surface area contributed by atoms with Crippen LogP contribution in [0.5, 0.6) is 0 Å². The monoisotopic (exact) mass is 239 g/mol. The Labute approximate surface area is 92.2 Å². The predicted octanol–water partition coefficient (Wildman–Crippen LogP) is 2.12. The summed E-state index contributed by atoms with van der Waals surface area (Å²) in [6.45, 7) is 2.21. The molecule has 0 aliphatic heterocycles. The highest BCUT2D eigenvalue weighted by molar-refractivity contribution is 5.67. The minimum atomic E-state index is -4.47. The van der Waals surface area contributed by atoms with Gasteiger partial charge in [0.2, 0.25) is 0 Å². The molecule has 0 heterocycles. The summed E-state index contributed by atoms with van der Waals surface area (Å²) in [7, 11) is 0. The molecular weight excluding hydrogens is 223 g/mol. The van der Waals surface area contributed by atoms with E-state index in [9.17, 15) is 18.0 Å². The smallest absolute Gasteiger partial charge is 0.404 e. The Morgan fingerprint density at radius 3 is 2.38 bits per heavy atom. The molecule has 0 aromatic heterocycles. The Kier molecular flexibility index (Phi) is 4.18. The van der Waals surface area contributed by atoms with Crippen molar-refractivity contribution in [1.82, 2.24) is 4.90 Å². The molecular formula is C10H16F3NO2. The number of aliphatic carboxylic acids is 1. The summed E-state index contributed by atoms with van der Waals surface area (Å²) < 4.78 is 38.0. The van der Waals surface area contributed by atoms with E-state index in [0.717, 1.165) is 12.8 Å². The van der Waals surface area contributed by atoms with Crippen LogP contribution >= 0.6 is 0 Å². The average molecular weight is 239 g/mol. The van der Waals surface area contributed by atoms with Gasteiger partial charge in [-0.1, -0.05) is 6.92 Å². The van der Waals surface area contributed by atoms with Crippen LogP contribution in [0.2, 0.25) is 0 Å². The summed E-state index contributed by atoms with van der Waals surface area (Å²) in [6.07, 6.45) is -3.43. The lowest BCUT2D eigenvalue weighted by Crippen LogP contribution is -2.47. The van der Waals surface area contributed by atoms with E-state index in [1.807, 2.05) is 0 Å². The largest absolute Gasteiger partial charge is 0.481 e. The topological polar surface area (TPSA) is 40.5 Å². The quantitative estimate of drug-likeness (QED) is 0.771. The first kappa shape index (κ1) is 13.3. The maximum absolute atomic E-state index is 12.7. The zero-order valence-corrected chi connectivity index (χ0v) is 9.13. The zero-order valence-electron chi connectivity index (χ0n) is 9.13. The van der Waals surface area contributed by atoms with Crippen LogP contribution in [0.3, 0.4) is 0 Å². The first-order valence-electron chi connectivity index (χ1n) is 5.37. The Bertz CT molecular complexity index is 251. The summed E-state index contributed by atoms with van der Waals surface area (Å²) in [5.74, 6) is -1.09. The molecule has 0 aromatic rings. The van der Waals surface area contributed by atoms with E-state index in [1.165, 1.54) is 4.90 Å². The van der Waals surface area contributed by atoms with Gasteiger partial charge in [0, 0.05) is 6.54 Å². The normalized spacial score (nSPS) is 18.8. The SMILES string of the molecule is CCN(CC1CC1)C(CC(=O)O)C(F)(F)F. The van der Waals surface area contributed by atoms with E-state index in [4.69, 9.17) is 5.11 Å². The second-order valence-electron chi connectivity index (χ2n) is 4.19.